The van der Waals surface area contributed by atoms with Crippen molar-refractivity contribution in [3.8, 4) is 0 Å². The van der Waals surface area contributed by atoms with Crippen LogP contribution in [0.15, 0.2) is 24.3 Å². The average Bonchev–Trinajstić information content (AvgIpc) is 2.77. The minimum Gasteiger partial charge on any atom is -0.396 e. The first kappa shape index (κ1) is 15.3. The maximum Gasteiger partial charge on any atom is 0.228 e. The molecule has 112 valence electrons. The number of nitrogens with one attached hydrogen (secondary N) is 2. The second-order valence-corrected chi connectivity index (χ2v) is 5.17. The molecule has 0 aliphatic rings. The van der Waals surface area contributed by atoms with Crippen LogP contribution in [0.4, 0.5) is 5.69 Å². The van der Waals surface area contributed by atoms with Gasteiger partial charge in [-0.2, -0.15) is 5.10 Å². The first-order valence-electron chi connectivity index (χ1n) is 7.10. The van der Waals surface area contributed by atoms with E-state index in [1.54, 1.807) is 0 Å². The summed E-state index contributed by atoms with van der Waals surface area (Å²) in [7, 11) is 0. The lowest BCUT2D eigenvalue weighted by atomic mass is 10.1. The number of carbonyl (C=O) groups is 1. The van der Waals surface area contributed by atoms with Gasteiger partial charge in [-0.15, -0.1) is 0 Å². The molecular weight excluding hydrogens is 266 g/mol. The van der Waals surface area contributed by atoms with E-state index in [1.165, 1.54) is 0 Å². The summed E-state index contributed by atoms with van der Waals surface area (Å²) in [5.74, 6) is -0.0538. The molecule has 0 bridgehead atoms. The summed E-state index contributed by atoms with van der Waals surface area (Å²) < 4.78 is 0. The first-order chi connectivity index (χ1) is 10.1. The zero-order valence-corrected chi connectivity index (χ0v) is 12.4. The second-order valence-electron chi connectivity index (χ2n) is 5.17. The predicted molar refractivity (Wildman–Crippen MR) is 82.2 cm³/mol. The van der Waals surface area contributed by atoms with Gasteiger partial charge in [-0.05, 0) is 44.4 Å². The minimum absolute atomic E-state index is 0.0538. The number of aromatic nitrogens is 2. The Kier molecular flexibility index (Phi) is 5.11. The van der Waals surface area contributed by atoms with E-state index in [4.69, 9.17) is 5.11 Å². The molecule has 0 radical (unpaired) electrons. The van der Waals surface area contributed by atoms with Crippen LogP contribution in [0.2, 0.25) is 0 Å². The number of nitrogens with zero attached hydrogens (tertiary/aromatic N) is 1. The number of carbonyl (C=O) groups excluding carboxylic acids is 1. The van der Waals surface area contributed by atoms with Gasteiger partial charge in [0, 0.05) is 23.6 Å². The summed E-state index contributed by atoms with van der Waals surface area (Å²) in [5, 5.41) is 18.7. The van der Waals surface area contributed by atoms with Gasteiger partial charge in [0.1, 0.15) is 0 Å². The molecule has 1 heterocycles. The molecule has 0 saturated heterocycles. The third-order valence-electron chi connectivity index (χ3n) is 3.45. The number of aryl methyl sites for hydroxylation is 3. The number of hydrogen-bond acceptors (Lipinski definition) is 3. The van der Waals surface area contributed by atoms with Crippen molar-refractivity contribution in [2.24, 2.45) is 0 Å². The lowest BCUT2D eigenvalue weighted by molar-refractivity contribution is -0.115. The molecule has 5 nitrogen and oxygen atoms in total. The molecule has 0 aliphatic heterocycles. The predicted octanol–water partition coefficient (Wildman–Crippen LogP) is 2.13. The Hall–Kier alpha value is -2.14. The Morgan fingerprint density at radius 3 is 2.86 bits per heavy atom. The number of rotatable bonds is 6. The van der Waals surface area contributed by atoms with Gasteiger partial charge in [-0.3, -0.25) is 9.89 Å². The molecule has 2 rings (SSSR count). The fourth-order valence-electron chi connectivity index (χ4n) is 2.29. The summed E-state index contributed by atoms with van der Waals surface area (Å²) in [4.78, 5) is 12.1. The van der Waals surface area contributed by atoms with Gasteiger partial charge in [0.2, 0.25) is 5.91 Å². The van der Waals surface area contributed by atoms with Crippen LogP contribution in [0, 0.1) is 13.8 Å². The van der Waals surface area contributed by atoms with Crippen molar-refractivity contribution in [2.45, 2.75) is 33.1 Å². The summed E-state index contributed by atoms with van der Waals surface area (Å²) in [5.41, 5.74) is 4.63. The van der Waals surface area contributed by atoms with Crippen LogP contribution in [-0.2, 0) is 17.6 Å². The Morgan fingerprint density at radius 1 is 1.38 bits per heavy atom. The fourth-order valence-corrected chi connectivity index (χ4v) is 2.29. The zero-order valence-electron chi connectivity index (χ0n) is 12.4. The quantitative estimate of drug-likeness (QED) is 0.761. The van der Waals surface area contributed by atoms with Crippen LogP contribution in [-0.4, -0.2) is 27.8 Å². The van der Waals surface area contributed by atoms with Crippen LogP contribution < -0.4 is 5.32 Å². The van der Waals surface area contributed by atoms with Gasteiger partial charge in [0.25, 0.3) is 0 Å². The molecule has 0 aliphatic carbocycles. The average molecular weight is 287 g/mol. The molecule has 0 spiro atoms. The van der Waals surface area contributed by atoms with Gasteiger partial charge < -0.3 is 10.4 Å². The fraction of sp³-hybridized carbons (Fsp3) is 0.375. The third kappa shape index (κ3) is 4.16. The number of hydrogen-bond donors (Lipinski definition) is 3. The van der Waals surface area contributed by atoms with E-state index in [0.717, 1.165) is 41.0 Å². The van der Waals surface area contributed by atoms with E-state index in [9.17, 15) is 4.79 Å². The molecule has 0 unspecified atom stereocenters. The smallest absolute Gasteiger partial charge is 0.228 e. The molecule has 3 N–H and O–H groups in total. The van der Waals surface area contributed by atoms with E-state index in [0.29, 0.717) is 6.42 Å². The summed E-state index contributed by atoms with van der Waals surface area (Å²) >= 11 is 0. The maximum atomic E-state index is 12.1. The normalized spacial score (nSPS) is 10.6. The second kappa shape index (κ2) is 7.04. The summed E-state index contributed by atoms with van der Waals surface area (Å²) in [6.45, 7) is 3.98. The van der Waals surface area contributed by atoms with Gasteiger partial charge in [-0.25, -0.2) is 0 Å². The van der Waals surface area contributed by atoms with E-state index in [-0.39, 0.29) is 12.5 Å². The first-order valence-corrected chi connectivity index (χ1v) is 7.10. The van der Waals surface area contributed by atoms with Crippen LogP contribution in [0.5, 0.6) is 0 Å². The highest BCUT2D eigenvalue weighted by molar-refractivity contribution is 5.92. The van der Waals surface area contributed by atoms with Gasteiger partial charge in [-0.1, -0.05) is 12.1 Å². The minimum atomic E-state index is -0.0538. The number of aliphatic hydroxyl groups excluding tert-OH is 1. The maximum absolute atomic E-state index is 12.1. The zero-order chi connectivity index (χ0) is 15.2. The van der Waals surface area contributed by atoms with E-state index >= 15 is 0 Å². The largest absolute Gasteiger partial charge is 0.396 e. The Labute approximate surface area is 124 Å². The van der Waals surface area contributed by atoms with Crippen molar-refractivity contribution in [1.29, 1.82) is 0 Å². The highest BCUT2D eigenvalue weighted by atomic mass is 16.2. The molecule has 1 aromatic heterocycles. The number of amides is 1. The van der Waals surface area contributed by atoms with Gasteiger partial charge >= 0.3 is 0 Å². The van der Waals surface area contributed by atoms with E-state index in [1.807, 2.05) is 38.1 Å². The summed E-state index contributed by atoms with van der Waals surface area (Å²) in [6, 6.07) is 7.73. The number of aromatic amines is 1. The SMILES string of the molecule is Cc1n[nH]c(C)c1CC(=O)Nc1cccc(CCCO)c1. The number of H-pyrrole nitrogens is 1. The molecule has 0 fully saturated rings. The Bertz CT molecular complexity index is 600. The van der Waals surface area contributed by atoms with Crippen molar-refractivity contribution >= 4 is 11.6 Å². The molecular formula is C16H21N3O2. The third-order valence-corrected chi connectivity index (χ3v) is 3.45. The Balaban J connectivity index is 1.99. The molecule has 0 saturated carbocycles. The van der Waals surface area contributed by atoms with Crippen molar-refractivity contribution in [3.63, 3.8) is 0 Å². The molecule has 2 aromatic rings. The van der Waals surface area contributed by atoms with Crippen LogP contribution in [0.3, 0.4) is 0 Å². The highest BCUT2D eigenvalue weighted by Gasteiger charge is 2.11. The number of aliphatic hydroxyl groups is 1. The van der Waals surface area contributed by atoms with Crippen molar-refractivity contribution in [3.05, 3.63) is 46.8 Å². The van der Waals surface area contributed by atoms with Crippen LogP contribution in [0.1, 0.15) is 28.9 Å². The lowest BCUT2D eigenvalue weighted by Gasteiger charge is -2.07. The lowest BCUT2D eigenvalue weighted by Crippen LogP contribution is -2.15. The highest BCUT2D eigenvalue weighted by Crippen LogP contribution is 2.14. The van der Waals surface area contributed by atoms with Gasteiger partial charge in [0.05, 0.1) is 12.1 Å². The molecule has 0 atom stereocenters. The van der Waals surface area contributed by atoms with E-state index in [2.05, 4.69) is 15.5 Å². The molecule has 1 amide bonds. The van der Waals surface area contributed by atoms with Crippen LogP contribution >= 0.6 is 0 Å². The van der Waals surface area contributed by atoms with E-state index < -0.39 is 0 Å². The van der Waals surface area contributed by atoms with Crippen LogP contribution in [0.25, 0.3) is 0 Å². The topological polar surface area (TPSA) is 78.0 Å². The standard InChI is InChI=1S/C16H21N3O2/c1-11-15(12(2)19-18-11)10-16(21)17-14-7-3-5-13(9-14)6-4-8-20/h3,5,7,9,20H,4,6,8,10H2,1-2H3,(H,17,21)(H,18,19). The Morgan fingerprint density at radius 2 is 2.19 bits per heavy atom. The monoisotopic (exact) mass is 287 g/mol. The number of benzene rings is 1. The van der Waals surface area contributed by atoms with Crippen molar-refractivity contribution in [2.75, 3.05) is 11.9 Å². The van der Waals surface area contributed by atoms with Crippen molar-refractivity contribution in [1.82, 2.24) is 10.2 Å². The molecule has 5 heteroatoms. The summed E-state index contributed by atoms with van der Waals surface area (Å²) in [6.07, 6.45) is 1.85. The van der Waals surface area contributed by atoms with Gasteiger partial charge in [0.15, 0.2) is 0 Å². The molecule has 21 heavy (non-hydrogen) atoms. The number of anilines is 1. The van der Waals surface area contributed by atoms with Crippen molar-refractivity contribution < 1.29 is 9.90 Å². The molecule has 1 aromatic carbocycles.